The highest BCUT2D eigenvalue weighted by molar-refractivity contribution is 5.21. The molecule has 0 aromatic heterocycles. The summed E-state index contributed by atoms with van der Waals surface area (Å²) in [7, 11) is 0. The predicted octanol–water partition coefficient (Wildman–Crippen LogP) is -0.304. The lowest BCUT2D eigenvalue weighted by Gasteiger charge is -2.19. The number of rotatable bonds is 3. The van der Waals surface area contributed by atoms with Gasteiger partial charge in [0.15, 0.2) is 0 Å². The number of aliphatic hydroxyl groups excluding tert-OH is 1. The molecular weight excluding hydrogens is 160 g/mol. The lowest BCUT2D eigenvalue weighted by molar-refractivity contribution is -0.307. The largest absolute Gasteiger partial charge is 0.438 e. The summed E-state index contributed by atoms with van der Waals surface area (Å²) in [6.45, 7) is -0.873. The summed E-state index contributed by atoms with van der Waals surface area (Å²) in [6.07, 6.45) is 0. The topological polar surface area (TPSA) is 69.9 Å². The lowest BCUT2D eigenvalue weighted by Crippen LogP contribution is -2.39. The van der Waals surface area contributed by atoms with Gasteiger partial charge >= 0.3 is 5.97 Å². The third kappa shape index (κ3) is 2.50. The lowest BCUT2D eigenvalue weighted by atomic mass is 10.3. The van der Waals surface area contributed by atoms with Crippen molar-refractivity contribution < 1.29 is 20.1 Å². The number of hydrogen-bond donors (Lipinski definition) is 3. The SMILES string of the molecule is OCC(O)(O)Oc1ccccc1. The van der Waals surface area contributed by atoms with E-state index in [0.29, 0.717) is 0 Å². The minimum absolute atomic E-state index is 0.288. The van der Waals surface area contributed by atoms with E-state index in [-0.39, 0.29) is 5.75 Å². The van der Waals surface area contributed by atoms with E-state index in [1.165, 1.54) is 0 Å². The Morgan fingerprint density at radius 1 is 1.17 bits per heavy atom. The van der Waals surface area contributed by atoms with Crippen LogP contribution in [-0.4, -0.2) is 27.9 Å². The minimum Gasteiger partial charge on any atom is -0.438 e. The molecule has 4 heteroatoms. The highest BCUT2D eigenvalue weighted by Crippen LogP contribution is 2.13. The van der Waals surface area contributed by atoms with Gasteiger partial charge in [-0.1, -0.05) is 18.2 Å². The van der Waals surface area contributed by atoms with E-state index in [2.05, 4.69) is 4.74 Å². The first-order valence-corrected chi connectivity index (χ1v) is 3.44. The first kappa shape index (κ1) is 8.99. The van der Waals surface area contributed by atoms with E-state index in [0.717, 1.165) is 0 Å². The first-order valence-electron chi connectivity index (χ1n) is 3.44. The molecule has 0 atom stereocenters. The third-order valence-corrected chi connectivity index (χ3v) is 1.23. The van der Waals surface area contributed by atoms with Gasteiger partial charge in [-0.3, -0.25) is 0 Å². The Labute approximate surface area is 69.7 Å². The maximum atomic E-state index is 8.86. The number of aliphatic hydroxyl groups is 3. The third-order valence-electron chi connectivity index (χ3n) is 1.23. The molecule has 0 fully saturated rings. The highest BCUT2D eigenvalue weighted by Gasteiger charge is 2.23. The van der Waals surface area contributed by atoms with Crippen molar-refractivity contribution in [1.29, 1.82) is 0 Å². The van der Waals surface area contributed by atoms with E-state index < -0.39 is 12.6 Å². The molecule has 1 rings (SSSR count). The average Bonchev–Trinajstić information content (AvgIpc) is 2.06. The summed E-state index contributed by atoms with van der Waals surface area (Å²) in [5.41, 5.74) is 0. The Morgan fingerprint density at radius 3 is 2.25 bits per heavy atom. The van der Waals surface area contributed by atoms with Gasteiger partial charge in [0, 0.05) is 0 Å². The van der Waals surface area contributed by atoms with Crippen molar-refractivity contribution in [3.8, 4) is 5.75 Å². The molecule has 0 bridgehead atoms. The molecule has 0 aliphatic rings. The maximum absolute atomic E-state index is 8.86. The van der Waals surface area contributed by atoms with E-state index in [4.69, 9.17) is 15.3 Å². The van der Waals surface area contributed by atoms with Gasteiger partial charge in [-0.25, -0.2) is 0 Å². The molecule has 0 amide bonds. The monoisotopic (exact) mass is 170 g/mol. The molecule has 66 valence electrons. The zero-order chi connectivity index (χ0) is 9.03. The van der Waals surface area contributed by atoms with Crippen LogP contribution in [0, 0.1) is 0 Å². The molecule has 4 nitrogen and oxygen atoms in total. The summed E-state index contributed by atoms with van der Waals surface area (Å²) in [6, 6.07) is 8.24. The summed E-state index contributed by atoms with van der Waals surface area (Å²) >= 11 is 0. The van der Waals surface area contributed by atoms with Crippen molar-refractivity contribution in [1.82, 2.24) is 0 Å². The molecular formula is C8H10O4. The molecule has 0 aliphatic heterocycles. The fourth-order valence-electron chi connectivity index (χ4n) is 0.710. The van der Waals surface area contributed by atoms with Gasteiger partial charge in [-0.15, -0.1) is 0 Å². The standard InChI is InChI=1S/C8H10O4/c9-6-8(10,11)12-7-4-2-1-3-5-7/h1-5,9-11H,6H2. The molecule has 1 aromatic rings. The van der Waals surface area contributed by atoms with Gasteiger partial charge in [-0.2, -0.15) is 0 Å². The summed E-state index contributed by atoms with van der Waals surface area (Å²) in [5, 5.41) is 26.2. The number of hydrogen-bond acceptors (Lipinski definition) is 4. The molecule has 0 saturated carbocycles. The van der Waals surface area contributed by atoms with Gasteiger partial charge in [-0.05, 0) is 12.1 Å². The van der Waals surface area contributed by atoms with E-state index >= 15 is 0 Å². The Hall–Kier alpha value is -1.10. The van der Waals surface area contributed by atoms with Gasteiger partial charge in [0.1, 0.15) is 12.4 Å². The van der Waals surface area contributed by atoms with Crippen molar-refractivity contribution in [2.75, 3.05) is 6.61 Å². The Bertz CT molecular complexity index is 232. The molecule has 0 spiro atoms. The number of para-hydroxylation sites is 1. The molecule has 0 radical (unpaired) electrons. The van der Waals surface area contributed by atoms with Crippen LogP contribution >= 0.6 is 0 Å². The van der Waals surface area contributed by atoms with Crippen molar-refractivity contribution in [2.45, 2.75) is 5.97 Å². The van der Waals surface area contributed by atoms with E-state index in [1.54, 1.807) is 30.3 Å². The molecule has 0 aliphatic carbocycles. The van der Waals surface area contributed by atoms with Crippen molar-refractivity contribution in [3.05, 3.63) is 30.3 Å². The molecule has 0 saturated heterocycles. The van der Waals surface area contributed by atoms with Crippen LogP contribution in [-0.2, 0) is 0 Å². The van der Waals surface area contributed by atoms with Crippen molar-refractivity contribution in [2.24, 2.45) is 0 Å². The molecule has 0 heterocycles. The second-order valence-electron chi connectivity index (χ2n) is 2.32. The fourth-order valence-corrected chi connectivity index (χ4v) is 0.710. The Morgan fingerprint density at radius 2 is 1.75 bits per heavy atom. The first-order chi connectivity index (χ1) is 5.64. The van der Waals surface area contributed by atoms with E-state index in [1.807, 2.05) is 0 Å². The highest BCUT2D eigenvalue weighted by atomic mass is 16.8. The number of ether oxygens (including phenoxy) is 1. The van der Waals surface area contributed by atoms with Gasteiger partial charge in [0.25, 0.3) is 0 Å². The van der Waals surface area contributed by atoms with Crippen LogP contribution in [0.15, 0.2) is 30.3 Å². The summed E-state index contributed by atoms with van der Waals surface area (Å²) in [4.78, 5) is 0. The predicted molar refractivity (Wildman–Crippen MR) is 41.3 cm³/mol. The molecule has 3 N–H and O–H groups in total. The van der Waals surface area contributed by atoms with Crippen LogP contribution in [0.1, 0.15) is 0 Å². The van der Waals surface area contributed by atoms with Crippen LogP contribution in [0.25, 0.3) is 0 Å². The summed E-state index contributed by atoms with van der Waals surface area (Å²) < 4.78 is 4.61. The van der Waals surface area contributed by atoms with Crippen LogP contribution in [0.4, 0.5) is 0 Å². The number of benzene rings is 1. The second-order valence-corrected chi connectivity index (χ2v) is 2.32. The quantitative estimate of drug-likeness (QED) is 0.544. The van der Waals surface area contributed by atoms with Crippen LogP contribution in [0.5, 0.6) is 5.75 Å². The van der Waals surface area contributed by atoms with Gasteiger partial charge in [0.05, 0.1) is 0 Å². The van der Waals surface area contributed by atoms with Crippen LogP contribution < -0.4 is 4.74 Å². The van der Waals surface area contributed by atoms with Crippen LogP contribution in [0.3, 0.4) is 0 Å². The Balaban J connectivity index is 2.64. The van der Waals surface area contributed by atoms with Gasteiger partial charge in [0.2, 0.25) is 0 Å². The minimum atomic E-state index is -2.50. The van der Waals surface area contributed by atoms with Crippen molar-refractivity contribution in [3.63, 3.8) is 0 Å². The second kappa shape index (κ2) is 3.53. The zero-order valence-electron chi connectivity index (χ0n) is 6.34. The molecule has 12 heavy (non-hydrogen) atoms. The summed E-state index contributed by atoms with van der Waals surface area (Å²) in [5.74, 6) is -2.21. The van der Waals surface area contributed by atoms with E-state index in [9.17, 15) is 0 Å². The normalized spacial score (nSPS) is 11.2. The molecule has 1 aromatic carbocycles. The van der Waals surface area contributed by atoms with Crippen molar-refractivity contribution >= 4 is 0 Å². The molecule has 0 unspecified atom stereocenters. The van der Waals surface area contributed by atoms with Gasteiger partial charge < -0.3 is 20.1 Å². The zero-order valence-corrected chi connectivity index (χ0v) is 6.34. The maximum Gasteiger partial charge on any atom is 0.346 e. The van der Waals surface area contributed by atoms with Crippen LogP contribution in [0.2, 0.25) is 0 Å². The fraction of sp³-hybridized carbons (Fsp3) is 0.250. The Kier molecular flexibility index (Phi) is 2.65. The average molecular weight is 170 g/mol. The smallest absolute Gasteiger partial charge is 0.346 e.